The van der Waals surface area contributed by atoms with E-state index < -0.39 is 0 Å². The highest BCUT2D eigenvalue weighted by Crippen LogP contribution is 2.50. The predicted octanol–water partition coefficient (Wildman–Crippen LogP) is 16.0. The van der Waals surface area contributed by atoms with Crippen molar-refractivity contribution in [3.8, 4) is 39.7 Å². The molecular formula is C63H41N5. The quantitative estimate of drug-likeness (QED) is 0.177. The fourth-order valence-corrected chi connectivity index (χ4v) is 12.0. The van der Waals surface area contributed by atoms with Crippen LogP contribution in [0.5, 0.6) is 0 Å². The molecule has 0 bridgehead atoms. The molecule has 1 aliphatic carbocycles. The van der Waals surface area contributed by atoms with Gasteiger partial charge in [-0.3, -0.25) is 4.57 Å². The van der Waals surface area contributed by atoms with Crippen molar-refractivity contribution in [2.24, 2.45) is 0 Å². The highest BCUT2D eigenvalue weighted by molar-refractivity contribution is 6.29. The molecule has 0 radical (unpaired) electrons. The topological polar surface area (TPSA) is 40.6 Å². The van der Waals surface area contributed by atoms with E-state index >= 15 is 0 Å². The summed E-state index contributed by atoms with van der Waals surface area (Å²) in [7, 11) is 0. The Bertz CT molecular complexity index is 4480. The van der Waals surface area contributed by atoms with Crippen LogP contribution >= 0.6 is 0 Å². The fourth-order valence-electron chi connectivity index (χ4n) is 12.0. The maximum absolute atomic E-state index is 5.53. The van der Waals surface area contributed by atoms with Gasteiger partial charge in [0.1, 0.15) is 0 Å². The summed E-state index contributed by atoms with van der Waals surface area (Å²) >= 11 is 0. The Morgan fingerprint density at radius 3 is 1.62 bits per heavy atom. The zero-order chi connectivity index (χ0) is 44.8. The third-order valence-electron chi connectivity index (χ3n) is 15.0. The van der Waals surface area contributed by atoms with Crippen LogP contribution < -0.4 is 0 Å². The van der Waals surface area contributed by atoms with Gasteiger partial charge in [-0.15, -0.1) is 0 Å². The van der Waals surface area contributed by atoms with Gasteiger partial charge in [0.2, 0.25) is 5.95 Å². The van der Waals surface area contributed by atoms with E-state index in [0.717, 1.165) is 60.7 Å². The molecule has 0 N–H and O–H groups in total. The third kappa shape index (κ3) is 4.99. The Labute approximate surface area is 391 Å². The summed E-state index contributed by atoms with van der Waals surface area (Å²) in [5.74, 6) is 0.644. The first-order valence-electron chi connectivity index (χ1n) is 23.5. The molecule has 0 saturated heterocycles. The zero-order valence-corrected chi connectivity index (χ0v) is 37.4. The summed E-state index contributed by atoms with van der Waals surface area (Å²) in [6.07, 6.45) is 0. The van der Waals surface area contributed by atoms with E-state index in [1.165, 1.54) is 71.3 Å². The molecule has 14 aromatic rings. The first-order chi connectivity index (χ1) is 33.5. The average molecular weight is 868 g/mol. The van der Waals surface area contributed by atoms with E-state index in [0.29, 0.717) is 5.95 Å². The highest BCUT2D eigenvalue weighted by Gasteiger charge is 2.35. The first kappa shape index (κ1) is 37.4. The molecule has 0 amide bonds. The van der Waals surface area contributed by atoms with E-state index in [1.54, 1.807) is 0 Å². The summed E-state index contributed by atoms with van der Waals surface area (Å²) in [6.45, 7) is 4.70. The van der Waals surface area contributed by atoms with Gasteiger partial charge in [0, 0.05) is 60.1 Å². The molecule has 4 aromatic heterocycles. The Morgan fingerprint density at radius 1 is 0.338 bits per heavy atom. The van der Waals surface area contributed by atoms with Crippen LogP contribution in [0.25, 0.3) is 127 Å². The maximum atomic E-state index is 5.53. The molecule has 68 heavy (non-hydrogen) atoms. The Hall–Kier alpha value is -8.80. The molecule has 1 aliphatic rings. The minimum Gasteiger partial charge on any atom is -0.309 e. The van der Waals surface area contributed by atoms with Crippen LogP contribution in [0.4, 0.5) is 0 Å². The van der Waals surface area contributed by atoms with Crippen LogP contribution in [-0.2, 0) is 5.41 Å². The van der Waals surface area contributed by atoms with Crippen molar-refractivity contribution in [1.82, 2.24) is 23.7 Å². The molecule has 5 heteroatoms. The molecule has 5 nitrogen and oxygen atoms in total. The normalized spacial score (nSPS) is 13.3. The number of benzene rings is 10. The lowest BCUT2D eigenvalue weighted by Gasteiger charge is -2.21. The predicted molar refractivity (Wildman–Crippen MR) is 283 cm³/mol. The van der Waals surface area contributed by atoms with Gasteiger partial charge in [0.05, 0.1) is 44.3 Å². The molecule has 0 atom stereocenters. The minimum atomic E-state index is -0.0560. The standard InChI is InChI=1S/C63H41N5/c1-63(2)50-25-10-5-19-42(50)49-36-39(31-33-51(49)63)66-54-28-13-8-22-47(54)59-56(66)34-35-57-60(59)48-23-9-14-29-55(48)67(57)40-30-32-44-43-20-7-12-27-53(43)68(58(44)37-40)62-64-52-26-11-6-21-46(52)61(65-62)45-24-15-17-38-16-3-4-18-41(38)45/h3-37H,1-2H3. The summed E-state index contributed by atoms with van der Waals surface area (Å²) in [5, 5.41) is 10.7. The van der Waals surface area contributed by atoms with Crippen molar-refractivity contribution in [1.29, 1.82) is 0 Å². The zero-order valence-electron chi connectivity index (χ0n) is 37.4. The molecule has 0 unspecified atom stereocenters. The van der Waals surface area contributed by atoms with Gasteiger partial charge in [-0.05, 0) is 93.7 Å². The highest BCUT2D eigenvalue weighted by atomic mass is 15.2. The van der Waals surface area contributed by atoms with E-state index in [2.05, 4.69) is 240 Å². The summed E-state index contributed by atoms with van der Waals surface area (Å²) in [4.78, 5) is 10.9. The summed E-state index contributed by atoms with van der Waals surface area (Å²) < 4.78 is 7.20. The fraction of sp³-hybridized carbons (Fsp3) is 0.0476. The smallest absolute Gasteiger partial charge is 0.235 e. The molecule has 0 aliphatic heterocycles. The van der Waals surface area contributed by atoms with Crippen LogP contribution in [0, 0.1) is 0 Å². The van der Waals surface area contributed by atoms with Crippen LogP contribution in [0.1, 0.15) is 25.0 Å². The van der Waals surface area contributed by atoms with Crippen LogP contribution in [0.3, 0.4) is 0 Å². The lowest BCUT2D eigenvalue weighted by atomic mass is 9.82. The lowest BCUT2D eigenvalue weighted by Crippen LogP contribution is -2.14. The Morgan fingerprint density at radius 2 is 0.868 bits per heavy atom. The van der Waals surface area contributed by atoms with E-state index in [1.807, 2.05) is 0 Å². The second kappa shape index (κ2) is 13.6. The average Bonchev–Trinajstić information content (AvgIpc) is 4.09. The number of fused-ring (bicyclic) bond motifs is 15. The molecule has 0 saturated carbocycles. The van der Waals surface area contributed by atoms with Gasteiger partial charge in [-0.25, -0.2) is 9.97 Å². The lowest BCUT2D eigenvalue weighted by molar-refractivity contribution is 0.660. The largest absolute Gasteiger partial charge is 0.309 e. The van der Waals surface area contributed by atoms with Gasteiger partial charge in [-0.2, -0.15) is 0 Å². The maximum Gasteiger partial charge on any atom is 0.235 e. The number of para-hydroxylation sites is 4. The van der Waals surface area contributed by atoms with Crippen molar-refractivity contribution in [3.63, 3.8) is 0 Å². The molecule has 15 rings (SSSR count). The first-order valence-corrected chi connectivity index (χ1v) is 23.5. The Balaban J connectivity index is 0.980. The molecule has 0 fully saturated rings. The molecular weight excluding hydrogens is 827 g/mol. The monoisotopic (exact) mass is 867 g/mol. The van der Waals surface area contributed by atoms with Crippen LogP contribution in [0.2, 0.25) is 0 Å². The molecule has 10 aromatic carbocycles. The molecule has 0 spiro atoms. The van der Waals surface area contributed by atoms with Gasteiger partial charge in [-0.1, -0.05) is 166 Å². The minimum absolute atomic E-state index is 0.0560. The Kier molecular flexibility index (Phi) is 7.50. The molecule has 318 valence electrons. The summed E-state index contributed by atoms with van der Waals surface area (Å²) in [6, 6.07) is 77.5. The number of aromatic nitrogens is 5. The second-order valence-electron chi connectivity index (χ2n) is 18.9. The molecule has 4 heterocycles. The van der Waals surface area contributed by atoms with Gasteiger partial charge < -0.3 is 9.13 Å². The van der Waals surface area contributed by atoms with E-state index in [4.69, 9.17) is 9.97 Å². The summed E-state index contributed by atoms with van der Waals surface area (Å²) in [5.41, 5.74) is 17.3. The van der Waals surface area contributed by atoms with Gasteiger partial charge >= 0.3 is 0 Å². The third-order valence-corrected chi connectivity index (χ3v) is 15.0. The van der Waals surface area contributed by atoms with Crippen molar-refractivity contribution >= 4 is 87.1 Å². The van der Waals surface area contributed by atoms with Crippen LogP contribution in [0.15, 0.2) is 212 Å². The number of hydrogen-bond donors (Lipinski definition) is 0. The van der Waals surface area contributed by atoms with Crippen molar-refractivity contribution in [3.05, 3.63) is 223 Å². The van der Waals surface area contributed by atoms with E-state index in [-0.39, 0.29) is 5.41 Å². The van der Waals surface area contributed by atoms with Gasteiger partial charge in [0.25, 0.3) is 0 Å². The SMILES string of the molecule is CC1(C)c2ccccc2-c2cc(-n3c4ccccc4c4c5c6ccccc6n(-c6ccc7c8ccccc8n(-c8nc(-c9cccc%10ccccc9%10)c9ccccc9n8)c7c6)c5ccc43)ccc21. The van der Waals surface area contributed by atoms with Gasteiger partial charge in [0.15, 0.2) is 0 Å². The van der Waals surface area contributed by atoms with Crippen molar-refractivity contribution < 1.29 is 0 Å². The van der Waals surface area contributed by atoms with Crippen molar-refractivity contribution in [2.75, 3.05) is 0 Å². The number of rotatable bonds is 4. The van der Waals surface area contributed by atoms with E-state index in [9.17, 15) is 0 Å². The number of hydrogen-bond acceptors (Lipinski definition) is 2. The number of nitrogens with zero attached hydrogens (tertiary/aromatic N) is 5. The second-order valence-corrected chi connectivity index (χ2v) is 18.9. The van der Waals surface area contributed by atoms with Crippen LogP contribution in [-0.4, -0.2) is 23.7 Å². The van der Waals surface area contributed by atoms with Crippen molar-refractivity contribution in [2.45, 2.75) is 19.3 Å².